The molecule has 0 atom stereocenters. The van der Waals surface area contributed by atoms with Gasteiger partial charge in [0.2, 0.25) is 15.9 Å². The van der Waals surface area contributed by atoms with E-state index in [9.17, 15) is 18.0 Å². The molecule has 1 saturated heterocycles. The number of piperidine rings is 1. The number of sulfonamides is 1. The van der Waals surface area contributed by atoms with Crippen molar-refractivity contribution < 1.29 is 23.1 Å². The van der Waals surface area contributed by atoms with Crippen LogP contribution in [0.15, 0.2) is 29.2 Å². The highest BCUT2D eigenvalue weighted by Gasteiger charge is 2.35. The summed E-state index contributed by atoms with van der Waals surface area (Å²) in [5.74, 6) is -1.52. The van der Waals surface area contributed by atoms with Gasteiger partial charge in [0, 0.05) is 19.0 Å². The zero-order valence-corrected chi connectivity index (χ0v) is 17.0. The van der Waals surface area contributed by atoms with Crippen LogP contribution in [0, 0.1) is 5.92 Å². The first kappa shape index (κ1) is 21.4. The molecule has 1 aliphatic heterocycles. The molecular formula is C19H28N2O5S. The summed E-state index contributed by atoms with van der Waals surface area (Å²) in [4.78, 5) is 23.7. The summed E-state index contributed by atoms with van der Waals surface area (Å²) >= 11 is 0. The molecule has 0 unspecified atom stereocenters. The maximum absolute atomic E-state index is 12.8. The van der Waals surface area contributed by atoms with E-state index in [1.54, 1.807) is 12.1 Å². The van der Waals surface area contributed by atoms with Crippen LogP contribution in [0.1, 0.15) is 52.0 Å². The lowest BCUT2D eigenvalue weighted by atomic mass is 9.95. The van der Waals surface area contributed by atoms with Crippen LogP contribution in [0.25, 0.3) is 0 Å². The van der Waals surface area contributed by atoms with E-state index in [2.05, 4.69) is 5.32 Å². The van der Waals surface area contributed by atoms with E-state index in [0.29, 0.717) is 18.8 Å². The summed E-state index contributed by atoms with van der Waals surface area (Å²) in [5, 5.41) is 11.6. The van der Waals surface area contributed by atoms with Gasteiger partial charge in [0.1, 0.15) is 5.54 Å². The summed E-state index contributed by atoms with van der Waals surface area (Å²) in [6.45, 7) is 7.41. The van der Waals surface area contributed by atoms with Gasteiger partial charge in [-0.15, -0.1) is 0 Å². The minimum Gasteiger partial charge on any atom is -0.480 e. The van der Waals surface area contributed by atoms with Crippen LogP contribution < -0.4 is 5.32 Å². The van der Waals surface area contributed by atoms with Crippen LogP contribution in [-0.4, -0.2) is 48.3 Å². The van der Waals surface area contributed by atoms with Crippen molar-refractivity contribution in [2.24, 2.45) is 5.92 Å². The third-order valence-electron chi connectivity index (χ3n) is 4.98. The largest absolute Gasteiger partial charge is 0.480 e. The van der Waals surface area contributed by atoms with Gasteiger partial charge in [-0.1, -0.05) is 26.0 Å². The number of nitrogens with one attached hydrogen (secondary N) is 1. The number of carboxylic acids is 1. The Kier molecular flexibility index (Phi) is 6.32. The Morgan fingerprint density at radius 2 is 1.67 bits per heavy atom. The maximum atomic E-state index is 12.8. The van der Waals surface area contributed by atoms with Crippen molar-refractivity contribution in [3.8, 4) is 0 Å². The fraction of sp³-hybridized carbons (Fsp3) is 0.579. The molecule has 7 nitrogen and oxygen atoms in total. The third-order valence-corrected chi connectivity index (χ3v) is 6.89. The molecule has 8 heteroatoms. The molecule has 1 aromatic carbocycles. The number of carbonyl (C=O) groups excluding carboxylic acids is 1. The minimum atomic E-state index is -3.59. The quantitative estimate of drug-likeness (QED) is 0.767. The average Bonchev–Trinajstić information content (AvgIpc) is 2.61. The Morgan fingerprint density at radius 1 is 1.15 bits per heavy atom. The lowest BCUT2D eigenvalue weighted by Crippen LogP contribution is -2.53. The number of hydrogen-bond acceptors (Lipinski definition) is 4. The molecule has 1 aromatic rings. The lowest BCUT2D eigenvalue weighted by molar-refractivity contribution is -0.146. The summed E-state index contributed by atoms with van der Waals surface area (Å²) in [6.07, 6.45) is 0.732. The molecule has 27 heavy (non-hydrogen) atoms. The molecule has 0 radical (unpaired) electrons. The van der Waals surface area contributed by atoms with Gasteiger partial charge in [-0.3, -0.25) is 4.79 Å². The Labute approximate surface area is 160 Å². The zero-order chi connectivity index (χ0) is 20.4. The summed E-state index contributed by atoms with van der Waals surface area (Å²) < 4.78 is 27.0. The molecule has 150 valence electrons. The van der Waals surface area contributed by atoms with Gasteiger partial charge in [0.15, 0.2) is 0 Å². The van der Waals surface area contributed by atoms with Crippen LogP contribution in [0.4, 0.5) is 0 Å². The molecule has 1 heterocycles. The minimum absolute atomic E-state index is 0.236. The van der Waals surface area contributed by atoms with Crippen molar-refractivity contribution in [1.29, 1.82) is 0 Å². The Bertz CT molecular complexity index is 792. The molecule has 1 fully saturated rings. The monoisotopic (exact) mass is 396 g/mol. The highest BCUT2D eigenvalue weighted by Crippen LogP contribution is 2.25. The van der Waals surface area contributed by atoms with Crippen LogP contribution in [0.5, 0.6) is 0 Å². The molecule has 0 aromatic heterocycles. The molecule has 1 aliphatic rings. The number of rotatable bonds is 6. The number of carboxylic acid groups (broad SMARTS) is 1. The number of carbonyl (C=O) groups is 2. The second-order valence-electron chi connectivity index (χ2n) is 7.82. The van der Waals surface area contributed by atoms with E-state index in [-0.39, 0.29) is 23.9 Å². The van der Waals surface area contributed by atoms with Crippen LogP contribution in [-0.2, 0) is 19.6 Å². The lowest BCUT2D eigenvalue weighted by Gasteiger charge is -2.32. The number of amides is 1. The van der Waals surface area contributed by atoms with Gasteiger partial charge in [-0.05, 0) is 50.3 Å². The summed E-state index contributed by atoms with van der Waals surface area (Å²) in [5.41, 5.74) is -0.274. The van der Waals surface area contributed by atoms with Crippen molar-refractivity contribution in [2.45, 2.75) is 56.9 Å². The van der Waals surface area contributed by atoms with Crippen LogP contribution in [0.3, 0.4) is 0 Å². The Morgan fingerprint density at radius 3 is 2.11 bits per heavy atom. The Hall–Kier alpha value is -1.93. The fourth-order valence-corrected chi connectivity index (χ4v) is 4.47. The first-order valence-corrected chi connectivity index (χ1v) is 10.5. The summed E-state index contributed by atoms with van der Waals surface area (Å²) in [6, 6.07) is 6.90. The van der Waals surface area contributed by atoms with E-state index in [1.807, 2.05) is 26.0 Å². The van der Waals surface area contributed by atoms with E-state index < -0.39 is 27.4 Å². The number of hydrogen-bond donors (Lipinski definition) is 2. The maximum Gasteiger partial charge on any atom is 0.328 e. The molecular weight excluding hydrogens is 368 g/mol. The standard InChI is InChI=1S/C19H28N2O5S/c1-13(2)14-5-7-16(8-6-14)27(25,26)21-11-9-15(10-12-21)17(22)20-19(3,4)18(23)24/h5-8,13,15H,9-12H2,1-4H3,(H,20,22)(H,23,24). The molecule has 2 rings (SSSR count). The van der Waals surface area contributed by atoms with Gasteiger partial charge in [-0.25, -0.2) is 13.2 Å². The Balaban J connectivity index is 2.02. The zero-order valence-electron chi connectivity index (χ0n) is 16.2. The first-order valence-electron chi connectivity index (χ1n) is 9.10. The predicted molar refractivity (Wildman–Crippen MR) is 102 cm³/mol. The van der Waals surface area contributed by atoms with Crippen molar-refractivity contribution in [3.63, 3.8) is 0 Å². The highest BCUT2D eigenvalue weighted by atomic mass is 32.2. The van der Waals surface area contributed by atoms with Gasteiger partial charge in [-0.2, -0.15) is 4.31 Å². The molecule has 2 N–H and O–H groups in total. The third kappa shape index (κ3) is 4.87. The second kappa shape index (κ2) is 7.98. The number of benzene rings is 1. The first-order chi connectivity index (χ1) is 12.4. The molecule has 0 aliphatic carbocycles. The van der Waals surface area contributed by atoms with E-state index in [1.165, 1.54) is 18.2 Å². The van der Waals surface area contributed by atoms with Gasteiger partial charge < -0.3 is 10.4 Å². The topological polar surface area (TPSA) is 104 Å². The fourth-order valence-electron chi connectivity index (χ4n) is 3.00. The average molecular weight is 397 g/mol. The number of nitrogens with zero attached hydrogens (tertiary/aromatic N) is 1. The molecule has 0 spiro atoms. The van der Waals surface area contributed by atoms with Crippen LogP contribution in [0.2, 0.25) is 0 Å². The van der Waals surface area contributed by atoms with Gasteiger partial charge >= 0.3 is 5.97 Å². The van der Waals surface area contributed by atoms with E-state index >= 15 is 0 Å². The van der Waals surface area contributed by atoms with E-state index in [0.717, 1.165) is 5.56 Å². The normalized spacial score (nSPS) is 17.1. The van der Waals surface area contributed by atoms with Crippen LogP contribution >= 0.6 is 0 Å². The smallest absolute Gasteiger partial charge is 0.328 e. The molecule has 0 bridgehead atoms. The van der Waals surface area contributed by atoms with Crippen molar-refractivity contribution in [2.75, 3.05) is 13.1 Å². The highest BCUT2D eigenvalue weighted by molar-refractivity contribution is 7.89. The van der Waals surface area contributed by atoms with Crippen molar-refractivity contribution in [1.82, 2.24) is 9.62 Å². The number of aliphatic carboxylic acids is 1. The van der Waals surface area contributed by atoms with Crippen molar-refractivity contribution in [3.05, 3.63) is 29.8 Å². The van der Waals surface area contributed by atoms with Gasteiger partial charge in [0.05, 0.1) is 4.90 Å². The SMILES string of the molecule is CC(C)c1ccc(S(=O)(=O)N2CCC(C(=O)NC(C)(C)C(=O)O)CC2)cc1. The van der Waals surface area contributed by atoms with Gasteiger partial charge in [0.25, 0.3) is 0 Å². The van der Waals surface area contributed by atoms with E-state index in [4.69, 9.17) is 5.11 Å². The predicted octanol–water partition coefficient (Wildman–Crippen LogP) is 2.19. The molecule has 1 amide bonds. The molecule has 0 saturated carbocycles. The summed E-state index contributed by atoms with van der Waals surface area (Å²) in [7, 11) is -3.59. The second-order valence-corrected chi connectivity index (χ2v) is 9.76. The van der Waals surface area contributed by atoms with Crippen molar-refractivity contribution >= 4 is 21.9 Å².